The first-order chi connectivity index (χ1) is 6.60. The monoisotopic (exact) mass is 194 g/mol. The van der Waals surface area contributed by atoms with Gasteiger partial charge < -0.3 is 16.8 Å². The predicted octanol–water partition coefficient (Wildman–Crippen LogP) is -0.713. The van der Waals surface area contributed by atoms with E-state index in [1.54, 1.807) is 0 Å². The third-order valence-corrected chi connectivity index (χ3v) is 2.58. The Morgan fingerprint density at radius 2 is 1.86 bits per heavy atom. The minimum Gasteiger partial charge on any atom is -0.368 e. The van der Waals surface area contributed by atoms with Crippen molar-refractivity contribution in [1.29, 1.82) is 0 Å². The molecule has 1 atom stereocenters. The molecule has 0 bridgehead atoms. The Hall–Kier alpha value is -1.43. The summed E-state index contributed by atoms with van der Waals surface area (Å²) in [6.45, 7) is 3.93. The number of nitrogens with two attached hydrogens (primary N) is 2. The normalized spacial score (nSPS) is 26.6. The third-order valence-electron chi connectivity index (χ3n) is 2.58. The minimum absolute atomic E-state index is 0.0643. The van der Waals surface area contributed by atoms with Crippen molar-refractivity contribution in [2.24, 2.45) is 0 Å². The highest BCUT2D eigenvalue weighted by Crippen LogP contribution is 2.27. The Kier molecular flexibility index (Phi) is 1.99. The van der Waals surface area contributed by atoms with Crippen LogP contribution in [0, 0.1) is 0 Å². The minimum atomic E-state index is -0.0643. The smallest absolute Gasteiger partial charge is 0.225 e. The summed E-state index contributed by atoms with van der Waals surface area (Å²) in [5.74, 6) is 1.08. The Balaban J connectivity index is 2.40. The van der Waals surface area contributed by atoms with Gasteiger partial charge in [-0.1, -0.05) is 6.92 Å². The zero-order valence-corrected chi connectivity index (χ0v) is 8.12. The highest BCUT2D eigenvalue weighted by Gasteiger charge is 2.33. The Bertz CT molecular complexity index is 323. The van der Waals surface area contributed by atoms with Crippen LogP contribution in [0.1, 0.15) is 19.2 Å². The molecule has 1 aliphatic rings. The summed E-state index contributed by atoms with van der Waals surface area (Å²) in [5, 5.41) is 3.27. The molecule has 6 heteroatoms. The molecule has 1 aliphatic heterocycles. The molecule has 6 nitrogen and oxygen atoms in total. The fourth-order valence-electron chi connectivity index (χ4n) is 1.69. The van der Waals surface area contributed by atoms with Gasteiger partial charge in [0.25, 0.3) is 0 Å². The molecule has 1 saturated heterocycles. The van der Waals surface area contributed by atoms with Crippen molar-refractivity contribution >= 4 is 11.9 Å². The van der Waals surface area contributed by atoms with Gasteiger partial charge in [0.15, 0.2) is 0 Å². The zero-order valence-electron chi connectivity index (χ0n) is 8.12. The van der Waals surface area contributed by atoms with Crippen LogP contribution in [-0.4, -0.2) is 28.0 Å². The molecule has 1 aromatic rings. The van der Waals surface area contributed by atoms with Gasteiger partial charge in [-0.3, -0.25) is 0 Å². The number of aromatic nitrogens is 3. The van der Waals surface area contributed by atoms with Crippen LogP contribution in [-0.2, 0) is 5.41 Å². The molecule has 0 spiro atoms. The number of hydrogen-bond acceptors (Lipinski definition) is 6. The fourth-order valence-corrected chi connectivity index (χ4v) is 1.69. The summed E-state index contributed by atoms with van der Waals surface area (Å²) in [6, 6.07) is 0. The first kappa shape index (κ1) is 9.14. The van der Waals surface area contributed by atoms with Crippen LogP contribution in [0.5, 0.6) is 0 Å². The van der Waals surface area contributed by atoms with Gasteiger partial charge in [0, 0.05) is 12.0 Å². The second-order valence-corrected chi connectivity index (χ2v) is 3.86. The van der Waals surface area contributed by atoms with Gasteiger partial charge in [-0.25, -0.2) is 0 Å². The SMILES string of the molecule is CC1(c2nc(N)nc(N)n2)CCNC1. The van der Waals surface area contributed by atoms with Gasteiger partial charge >= 0.3 is 0 Å². The van der Waals surface area contributed by atoms with Gasteiger partial charge in [0.05, 0.1) is 0 Å². The van der Waals surface area contributed by atoms with Gasteiger partial charge in [0.2, 0.25) is 11.9 Å². The number of nitrogens with zero attached hydrogens (tertiary/aromatic N) is 3. The molecular weight excluding hydrogens is 180 g/mol. The van der Waals surface area contributed by atoms with Gasteiger partial charge in [-0.15, -0.1) is 0 Å². The summed E-state index contributed by atoms with van der Waals surface area (Å²) >= 11 is 0. The van der Waals surface area contributed by atoms with Crippen LogP contribution in [0.15, 0.2) is 0 Å². The van der Waals surface area contributed by atoms with E-state index < -0.39 is 0 Å². The van der Waals surface area contributed by atoms with Crippen molar-refractivity contribution in [3.05, 3.63) is 5.82 Å². The van der Waals surface area contributed by atoms with E-state index in [4.69, 9.17) is 11.5 Å². The summed E-state index contributed by atoms with van der Waals surface area (Å²) in [6.07, 6.45) is 0.996. The van der Waals surface area contributed by atoms with Crippen LogP contribution < -0.4 is 16.8 Å². The molecule has 1 unspecified atom stereocenters. The zero-order chi connectivity index (χ0) is 10.2. The number of anilines is 2. The lowest BCUT2D eigenvalue weighted by molar-refractivity contribution is 0.488. The van der Waals surface area contributed by atoms with Crippen molar-refractivity contribution in [3.63, 3.8) is 0 Å². The standard InChI is InChI=1S/C8H14N6/c1-8(2-3-11-4-8)5-12-6(9)14-7(10)13-5/h11H,2-4H2,1H3,(H4,9,10,12,13,14). The molecule has 0 radical (unpaired) electrons. The topological polar surface area (TPSA) is 103 Å². The van der Waals surface area contributed by atoms with Gasteiger partial charge in [-0.05, 0) is 13.0 Å². The summed E-state index contributed by atoms with van der Waals surface area (Å²) in [5.41, 5.74) is 11.0. The fraction of sp³-hybridized carbons (Fsp3) is 0.625. The van der Waals surface area contributed by atoms with Crippen molar-refractivity contribution in [1.82, 2.24) is 20.3 Å². The van der Waals surface area contributed by atoms with E-state index in [-0.39, 0.29) is 17.3 Å². The second kappa shape index (κ2) is 3.06. The van der Waals surface area contributed by atoms with Gasteiger partial charge in [0.1, 0.15) is 5.82 Å². The molecule has 1 fully saturated rings. The maximum absolute atomic E-state index is 5.52. The molecule has 0 saturated carbocycles. The summed E-state index contributed by atoms with van der Waals surface area (Å²) < 4.78 is 0. The number of nitrogen functional groups attached to an aromatic ring is 2. The number of hydrogen-bond donors (Lipinski definition) is 3. The van der Waals surface area contributed by atoms with Crippen molar-refractivity contribution in [3.8, 4) is 0 Å². The molecular formula is C8H14N6. The lowest BCUT2D eigenvalue weighted by Crippen LogP contribution is -2.28. The number of nitrogens with one attached hydrogen (secondary N) is 1. The summed E-state index contributed by atoms with van der Waals surface area (Å²) in [4.78, 5) is 12.0. The molecule has 0 amide bonds. The first-order valence-corrected chi connectivity index (χ1v) is 4.58. The lowest BCUT2D eigenvalue weighted by atomic mass is 9.89. The molecule has 0 aliphatic carbocycles. The van der Waals surface area contributed by atoms with E-state index in [2.05, 4.69) is 27.2 Å². The first-order valence-electron chi connectivity index (χ1n) is 4.58. The van der Waals surface area contributed by atoms with Crippen LogP contribution in [0.25, 0.3) is 0 Å². The molecule has 2 rings (SSSR count). The van der Waals surface area contributed by atoms with E-state index in [1.165, 1.54) is 0 Å². The second-order valence-electron chi connectivity index (χ2n) is 3.86. The maximum Gasteiger partial charge on any atom is 0.225 e. The largest absolute Gasteiger partial charge is 0.368 e. The maximum atomic E-state index is 5.52. The molecule has 1 aromatic heterocycles. The van der Waals surface area contributed by atoms with Crippen LogP contribution in [0.3, 0.4) is 0 Å². The van der Waals surface area contributed by atoms with E-state index in [9.17, 15) is 0 Å². The Morgan fingerprint density at radius 1 is 1.21 bits per heavy atom. The third kappa shape index (κ3) is 1.48. The predicted molar refractivity (Wildman–Crippen MR) is 53.5 cm³/mol. The highest BCUT2D eigenvalue weighted by atomic mass is 15.2. The van der Waals surface area contributed by atoms with E-state index in [0.717, 1.165) is 19.5 Å². The Morgan fingerprint density at radius 3 is 2.36 bits per heavy atom. The Labute approximate surface area is 82.1 Å². The molecule has 5 N–H and O–H groups in total. The molecule has 0 aromatic carbocycles. The summed E-state index contributed by atoms with van der Waals surface area (Å²) in [7, 11) is 0. The van der Waals surface area contributed by atoms with Crippen molar-refractivity contribution < 1.29 is 0 Å². The van der Waals surface area contributed by atoms with Crippen LogP contribution in [0.4, 0.5) is 11.9 Å². The average molecular weight is 194 g/mol. The van der Waals surface area contributed by atoms with Crippen LogP contribution in [0.2, 0.25) is 0 Å². The average Bonchev–Trinajstić information content (AvgIpc) is 2.52. The van der Waals surface area contributed by atoms with Gasteiger partial charge in [-0.2, -0.15) is 15.0 Å². The lowest BCUT2D eigenvalue weighted by Gasteiger charge is -2.20. The van der Waals surface area contributed by atoms with E-state index >= 15 is 0 Å². The molecule has 76 valence electrons. The number of rotatable bonds is 1. The highest BCUT2D eigenvalue weighted by molar-refractivity contribution is 5.29. The molecule has 2 heterocycles. The molecule has 14 heavy (non-hydrogen) atoms. The van der Waals surface area contributed by atoms with Crippen molar-refractivity contribution in [2.75, 3.05) is 24.6 Å². The van der Waals surface area contributed by atoms with E-state index in [0.29, 0.717) is 5.82 Å². The van der Waals surface area contributed by atoms with Crippen LogP contribution >= 0.6 is 0 Å². The van der Waals surface area contributed by atoms with E-state index in [1.807, 2.05) is 0 Å². The van der Waals surface area contributed by atoms with Crippen molar-refractivity contribution in [2.45, 2.75) is 18.8 Å². The quantitative estimate of drug-likeness (QED) is 0.545.